The maximum Gasteiger partial charge on any atom is 0.225 e. The fourth-order valence-electron chi connectivity index (χ4n) is 2.46. The molecule has 4 heteroatoms. The van der Waals surface area contributed by atoms with E-state index in [-0.39, 0.29) is 24.0 Å². The van der Waals surface area contributed by atoms with Crippen molar-refractivity contribution in [3.8, 4) is 0 Å². The van der Waals surface area contributed by atoms with Crippen LogP contribution >= 0.6 is 0 Å². The summed E-state index contributed by atoms with van der Waals surface area (Å²) in [6.07, 6.45) is 3.52. The highest BCUT2D eigenvalue weighted by Gasteiger charge is 2.41. The van der Waals surface area contributed by atoms with Crippen molar-refractivity contribution in [2.75, 3.05) is 18.5 Å². The normalized spacial score (nSPS) is 17.3. The first-order valence-corrected chi connectivity index (χ1v) is 7.80. The SMILES string of the molecule is CCc1ccccc1NC(=O)CC(C)NCC1(CO)CC1. The first kappa shape index (κ1) is 16.0. The van der Waals surface area contributed by atoms with Crippen LogP contribution in [0.15, 0.2) is 24.3 Å². The zero-order valence-corrected chi connectivity index (χ0v) is 13.0. The lowest BCUT2D eigenvalue weighted by Crippen LogP contribution is -2.36. The van der Waals surface area contributed by atoms with E-state index >= 15 is 0 Å². The molecule has 1 aliphatic carbocycles. The third kappa shape index (κ3) is 4.55. The minimum atomic E-state index is 0.0322. The number of carbonyl (C=O) groups is 1. The molecule has 1 saturated carbocycles. The van der Waals surface area contributed by atoms with Gasteiger partial charge in [-0.15, -0.1) is 0 Å². The predicted octanol–water partition coefficient (Wildman–Crippen LogP) is 2.33. The summed E-state index contributed by atoms with van der Waals surface area (Å²) in [6, 6.07) is 8.02. The molecule has 1 amide bonds. The maximum atomic E-state index is 12.1. The van der Waals surface area contributed by atoms with Gasteiger partial charge in [0.05, 0.1) is 0 Å². The van der Waals surface area contributed by atoms with E-state index < -0.39 is 0 Å². The molecule has 2 rings (SSSR count). The molecule has 1 unspecified atom stereocenters. The first-order chi connectivity index (χ1) is 10.1. The lowest BCUT2D eigenvalue weighted by molar-refractivity contribution is -0.116. The Labute approximate surface area is 126 Å². The third-order valence-corrected chi connectivity index (χ3v) is 4.28. The number of hydrogen-bond donors (Lipinski definition) is 3. The summed E-state index contributed by atoms with van der Waals surface area (Å²) in [6.45, 7) is 5.13. The summed E-state index contributed by atoms with van der Waals surface area (Å²) in [5.74, 6) is 0.0322. The minimum Gasteiger partial charge on any atom is -0.396 e. The number of aliphatic hydroxyl groups excluding tert-OH is 1. The van der Waals surface area contributed by atoms with Crippen LogP contribution in [0.4, 0.5) is 5.69 Å². The second-order valence-electron chi connectivity index (χ2n) is 6.20. The number of nitrogens with one attached hydrogen (secondary N) is 2. The van der Waals surface area contributed by atoms with Gasteiger partial charge in [0.2, 0.25) is 5.91 Å². The van der Waals surface area contributed by atoms with Gasteiger partial charge in [-0.1, -0.05) is 25.1 Å². The van der Waals surface area contributed by atoms with Crippen LogP contribution in [-0.2, 0) is 11.2 Å². The molecule has 0 bridgehead atoms. The van der Waals surface area contributed by atoms with Gasteiger partial charge < -0.3 is 15.7 Å². The molecule has 4 nitrogen and oxygen atoms in total. The maximum absolute atomic E-state index is 12.1. The van der Waals surface area contributed by atoms with Gasteiger partial charge >= 0.3 is 0 Å². The van der Waals surface area contributed by atoms with Gasteiger partial charge in [0, 0.05) is 36.7 Å². The van der Waals surface area contributed by atoms with Gasteiger partial charge in [-0.3, -0.25) is 4.79 Å². The molecule has 1 fully saturated rings. The van der Waals surface area contributed by atoms with Crippen LogP contribution < -0.4 is 10.6 Å². The molecular formula is C17H26N2O2. The number of para-hydroxylation sites is 1. The molecule has 21 heavy (non-hydrogen) atoms. The molecule has 1 aromatic rings. The predicted molar refractivity (Wildman–Crippen MR) is 85.3 cm³/mol. The molecular weight excluding hydrogens is 264 g/mol. The molecule has 0 heterocycles. The molecule has 0 radical (unpaired) electrons. The fraction of sp³-hybridized carbons (Fsp3) is 0.588. The fourth-order valence-corrected chi connectivity index (χ4v) is 2.46. The summed E-state index contributed by atoms with van der Waals surface area (Å²) in [5.41, 5.74) is 2.15. The second kappa shape index (κ2) is 7.05. The summed E-state index contributed by atoms with van der Waals surface area (Å²) < 4.78 is 0. The zero-order valence-electron chi connectivity index (χ0n) is 13.0. The summed E-state index contributed by atoms with van der Waals surface area (Å²) in [7, 11) is 0. The minimum absolute atomic E-state index is 0.0322. The van der Waals surface area contributed by atoms with Gasteiger partial charge in [-0.05, 0) is 37.8 Å². The molecule has 0 aliphatic heterocycles. The van der Waals surface area contributed by atoms with Crippen LogP contribution in [0.25, 0.3) is 0 Å². The summed E-state index contributed by atoms with van der Waals surface area (Å²) >= 11 is 0. The Morgan fingerprint density at radius 2 is 2.10 bits per heavy atom. The van der Waals surface area contributed by atoms with Crippen LogP contribution in [-0.4, -0.2) is 30.2 Å². The summed E-state index contributed by atoms with van der Waals surface area (Å²) in [4.78, 5) is 12.1. The Balaban J connectivity index is 1.78. The van der Waals surface area contributed by atoms with E-state index in [0.717, 1.165) is 37.1 Å². The standard InChI is InChI=1S/C17H26N2O2/c1-3-14-6-4-5-7-15(14)19-16(21)10-13(2)18-11-17(12-20)8-9-17/h4-7,13,18,20H,3,8-12H2,1-2H3,(H,19,21). The van der Waals surface area contributed by atoms with Crippen molar-refractivity contribution in [3.63, 3.8) is 0 Å². The van der Waals surface area contributed by atoms with Crippen LogP contribution in [0.2, 0.25) is 0 Å². The number of aryl methyl sites for hydroxylation is 1. The van der Waals surface area contributed by atoms with Gasteiger partial charge in [0.1, 0.15) is 0 Å². The molecule has 1 aromatic carbocycles. The molecule has 1 atom stereocenters. The van der Waals surface area contributed by atoms with Crippen molar-refractivity contribution in [1.29, 1.82) is 0 Å². The van der Waals surface area contributed by atoms with Crippen molar-refractivity contribution >= 4 is 11.6 Å². The van der Waals surface area contributed by atoms with Crippen molar-refractivity contribution in [3.05, 3.63) is 29.8 Å². The Hall–Kier alpha value is -1.39. The van der Waals surface area contributed by atoms with E-state index in [2.05, 4.69) is 17.6 Å². The lowest BCUT2D eigenvalue weighted by atomic mass is 10.1. The number of carbonyl (C=O) groups excluding carboxylic acids is 1. The van der Waals surface area contributed by atoms with Crippen LogP contribution in [0.5, 0.6) is 0 Å². The smallest absolute Gasteiger partial charge is 0.225 e. The Kier molecular flexibility index (Phi) is 5.37. The van der Waals surface area contributed by atoms with Gasteiger partial charge in [0.25, 0.3) is 0 Å². The molecule has 3 N–H and O–H groups in total. The van der Waals surface area contributed by atoms with E-state index in [9.17, 15) is 9.90 Å². The highest BCUT2D eigenvalue weighted by atomic mass is 16.3. The molecule has 0 spiro atoms. The second-order valence-corrected chi connectivity index (χ2v) is 6.20. The van der Waals surface area contributed by atoms with Crippen LogP contribution in [0, 0.1) is 5.41 Å². The van der Waals surface area contributed by atoms with Gasteiger partial charge in [-0.25, -0.2) is 0 Å². The van der Waals surface area contributed by atoms with Crippen LogP contribution in [0.3, 0.4) is 0 Å². The number of anilines is 1. The Morgan fingerprint density at radius 1 is 1.38 bits per heavy atom. The van der Waals surface area contributed by atoms with Crippen molar-refractivity contribution < 1.29 is 9.90 Å². The topological polar surface area (TPSA) is 61.4 Å². The number of hydrogen-bond acceptors (Lipinski definition) is 3. The first-order valence-electron chi connectivity index (χ1n) is 7.80. The quantitative estimate of drug-likeness (QED) is 0.688. The highest BCUT2D eigenvalue weighted by Crippen LogP contribution is 2.44. The summed E-state index contributed by atoms with van der Waals surface area (Å²) in [5, 5.41) is 15.6. The number of aliphatic hydroxyl groups is 1. The van der Waals surface area contributed by atoms with E-state index in [0.29, 0.717) is 6.42 Å². The van der Waals surface area contributed by atoms with E-state index in [4.69, 9.17) is 0 Å². The largest absolute Gasteiger partial charge is 0.396 e. The molecule has 0 aromatic heterocycles. The Bertz CT molecular complexity index is 483. The average Bonchev–Trinajstić information content (AvgIpc) is 3.26. The van der Waals surface area contributed by atoms with Gasteiger partial charge in [-0.2, -0.15) is 0 Å². The van der Waals surface area contributed by atoms with E-state index in [1.165, 1.54) is 0 Å². The van der Waals surface area contributed by atoms with Gasteiger partial charge in [0.15, 0.2) is 0 Å². The molecule has 0 saturated heterocycles. The number of benzene rings is 1. The number of amides is 1. The van der Waals surface area contributed by atoms with Crippen molar-refractivity contribution in [2.24, 2.45) is 5.41 Å². The van der Waals surface area contributed by atoms with E-state index in [1.54, 1.807) is 0 Å². The zero-order chi connectivity index (χ0) is 15.3. The number of rotatable bonds is 8. The van der Waals surface area contributed by atoms with E-state index in [1.807, 2.05) is 31.2 Å². The lowest BCUT2D eigenvalue weighted by Gasteiger charge is -2.18. The van der Waals surface area contributed by atoms with Crippen molar-refractivity contribution in [2.45, 2.75) is 45.6 Å². The average molecular weight is 290 g/mol. The highest BCUT2D eigenvalue weighted by molar-refractivity contribution is 5.91. The monoisotopic (exact) mass is 290 g/mol. The van der Waals surface area contributed by atoms with Crippen LogP contribution in [0.1, 0.15) is 38.7 Å². The molecule has 116 valence electrons. The third-order valence-electron chi connectivity index (χ3n) is 4.28. The Morgan fingerprint density at radius 3 is 2.71 bits per heavy atom. The van der Waals surface area contributed by atoms with Crippen molar-refractivity contribution in [1.82, 2.24) is 5.32 Å². The molecule has 1 aliphatic rings.